The van der Waals surface area contributed by atoms with E-state index in [4.69, 9.17) is 27.9 Å². The summed E-state index contributed by atoms with van der Waals surface area (Å²) in [7, 11) is 0. The number of hydrogen-bond donors (Lipinski definition) is 2. The van der Waals surface area contributed by atoms with Crippen molar-refractivity contribution >= 4 is 35.1 Å². The smallest absolute Gasteiger partial charge is 0.319 e. The summed E-state index contributed by atoms with van der Waals surface area (Å²) in [4.78, 5) is 24.1. The zero-order valence-corrected chi connectivity index (χ0v) is 14.0. The summed E-state index contributed by atoms with van der Waals surface area (Å²) in [5.41, 5.74) is -0.0478. The lowest BCUT2D eigenvalue weighted by Gasteiger charge is -2.24. The van der Waals surface area contributed by atoms with Gasteiger partial charge in [0.05, 0.1) is 22.7 Å². The van der Waals surface area contributed by atoms with Crippen LogP contribution in [0, 0.1) is 11.3 Å². The molecule has 1 amide bonds. The molecule has 1 saturated heterocycles. The summed E-state index contributed by atoms with van der Waals surface area (Å²) in [5.74, 6) is -2.05. The van der Waals surface area contributed by atoms with Gasteiger partial charge in [0.15, 0.2) is 5.75 Å². The number of phenols is 1. The molecule has 0 bridgehead atoms. The number of carbonyl (C=O) groups is 2. The number of benzene rings is 1. The van der Waals surface area contributed by atoms with Crippen LogP contribution < -0.4 is 5.32 Å². The van der Waals surface area contributed by atoms with E-state index in [-0.39, 0.29) is 22.4 Å². The Morgan fingerprint density at radius 1 is 1.45 bits per heavy atom. The summed E-state index contributed by atoms with van der Waals surface area (Å²) in [6, 6.07) is 2.62. The van der Waals surface area contributed by atoms with Gasteiger partial charge in [0.25, 0.3) is 0 Å². The molecule has 1 aromatic rings. The van der Waals surface area contributed by atoms with Crippen LogP contribution in [-0.2, 0) is 14.3 Å². The molecule has 2 rings (SSSR count). The quantitative estimate of drug-likeness (QED) is 0.652. The predicted molar refractivity (Wildman–Crippen MR) is 82.9 cm³/mol. The predicted octanol–water partition coefficient (Wildman–Crippen LogP) is 3.08. The Bertz CT molecular complexity index is 630. The zero-order valence-electron chi connectivity index (χ0n) is 12.4. The molecule has 2 unspecified atom stereocenters. The van der Waals surface area contributed by atoms with Crippen LogP contribution in [0.2, 0.25) is 10.0 Å². The van der Waals surface area contributed by atoms with Crippen LogP contribution in [0.25, 0.3) is 0 Å². The van der Waals surface area contributed by atoms with Crippen molar-refractivity contribution in [2.45, 2.75) is 26.8 Å². The topological polar surface area (TPSA) is 75.6 Å². The molecule has 0 saturated carbocycles. The fourth-order valence-corrected chi connectivity index (χ4v) is 3.00. The largest absolute Gasteiger partial charge is 0.505 e. The van der Waals surface area contributed by atoms with Gasteiger partial charge in [0.2, 0.25) is 5.91 Å². The third-order valence-corrected chi connectivity index (χ3v) is 4.49. The fourth-order valence-electron chi connectivity index (χ4n) is 2.47. The molecule has 2 atom stereocenters. The van der Waals surface area contributed by atoms with Gasteiger partial charge < -0.3 is 15.2 Å². The van der Waals surface area contributed by atoms with Crippen LogP contribution in [-0.4, -0.2) is 23.6 Å². The number of amides is 1. The Kier molecular flexibility index (Phi) is 4.59. The standard InChI is InChI=1S/C15H17Cl2NO4/c1-7(8-4-5-9(16)12(19)11(8)17)18-13(20)10-14(21)22-6-15(10,2)3/h4-5,7,10,19H,6H2,1-3H3,(H,18,20). The Morgan fingerprint density at radius 3 is 2.64 bits per heavy atom. The van der Waals surface area contributed by atoms with E-state index in [2.05, 4.69) is 5.32 Å². The van der Waals surface area contributed by atoms with Crippen molar-refractivity contribution in [3.05, 3.63) is 27.7 Å². The highest BCUT2D eigenvalue weighted by Crippen LogP contribution is 2.38. The van der Waals surface area contributed by atoms with Gasteiger partial charge in [0, 0.05) is 5.41 Å². The van der Waals surface area contributed by atoms with Gasteiger partial charge >= 0.3 is 5.97 Å². The maximum atomic E-state index is 12.4. The van der Waals surface area contributed by atoms with E-state index in [0.29, 0.717) is 5.56 Å². The molecule has 22 heavy (non-hydrogen) atoms. The minimum atomic E-state index is -0.866. The van der Waals surface area contributed by atoms with E-state index >= 15 is 0 Å². The summed E-state index contributed by atoms with van der Waals surface area (Å²) in [6.07, 6.45) is 0. The molecule has 1 aliphatic rings. The third kappa shape index (κ3) is 3.01. The van der Waals surface area contributed by atoms with Gasteiger partial charge in [0.1, 0.15) is 5.92 Å². The van der Waals surface area contributed by atoms with E-state index in [0.717, 1.165) is 0 Å². The summed E-state index contributed by atoms with van der Waals surface area (Å²) < 4.78 is 4.96. The molecular weight excluding hydrogens is 329 g/mol. The average Bonchev–Trinajstić information content (AvgIpc) is 2.69. The molecular formula is C15H17Cl2NO4. The Morgan fingerprint density at radius 2 is 2.09 bits per heavy atom. The normalized spacial score (nSPS) is 21.3. The van der Waals surface area contributed by atoms with Gasteiger partial charge in [-0.05, 0) is 18.6 Å². The van der Waals surface area contributed by atoms with E-state index < -0.39 is 29.3 Å². The number of cyclic esters (lactones) is 1. The molecule has 1 aromatic carbocycles. The van der Waals surface area contributed by atoms with E-state index in [1.54, 1.807) is 26.8 Å². The molecule has 0 spiro atoms. The molecule has 1 aliphatic heterocycles. The highest BCUT2D eigenvalue weighted by Gasteiger charge is 2.48. The molecule has 7 heteroatoms. The third-order valence-electron chi connectivity index (χ3n) is 3.79. The van der Waals surface area contributed by atoms with Crippen molar-refractivity contribution in [1.82, 2.24) is 5.32 Å². The minimum absolute atomic E-state index is 0.0774. The average molecular weight is 346 g/mol. The number of ether oxygens (including phenoxy) is 1. The van der Waals surface area contributed by atoms with E-state index in [1.165, 1.54) is 6.07 Å². The first-order chi connectivity index (χ1) is 10.1. The van der Waals surface area contributed by atoms with Crippen molar-refractivity contribution < 1.29 is 19.4 Å². The van der Waals surface area contributed by atoms with Crippen molar-refractivity contribution in [3.63, 3.8) is 0 Å². The minimum Gasteiger partial charge on any atom is -0.505 e. The first-order valence-electron chi connectivity index (χ1n) is 6.79. The van der Waals surface area contributed by atoms with Crippen molar-refractivity contribution in [2.24, 2.45) is 11.3 Å². The van der Waals surface area contributed by atoms with Crippen LogP contribution in [0.1, 0.15) is 32.4 Å². The van der Waals surface area contributed by atoms with Gasteiger partial charge in [-0.2, -0.15) is 0 Å². The van der Waals surface area contributed by atoms with Gasteiger partial charge in [-0.25, -0.2) is 0 Å². The lowest BCUT2D eigenvalue weighted by Crippen LogP contribution is -2.41. The molecule has 0 radical (unpaired) electrons. The summed E-state index contributed by atoms with van der Waals surface area (Å²) in [6.45, 7) is 5.52. The van der Waals surface area contributed by atoms with E-state index in [1.807, 2.05) is 0 Å². The molecule has 2 N–H and O–H groups in total. The second-order valence-corrected chi connectivity index (χ2v) is 6.84. The van der Waals surface area contributed by atoms with Crippen molar-refractivity contribution in [1.29, 1.82) is 0 Å². The number of aromatic hydroxyl groups is 1. The molecule has 1 fully saturated rings. The van der Waals surface area contributed by atoms with Crippen LogP contribution in [0.5, 0.6) is 5.75 Å². The van der Waals surface area contributed by atoms with Crippen LogP contribution in [0.4, 0.5) is 0 Å². The van der Waals surface area contributed by atoms with Gasteiger partial charge in [-0.15, -0.1) is 0 Å². The number of hydrogen-bond acceptors (Lipinski definition) is 4. The Labute approximate surface area is 138 Å². The van der Waals surface area contributed by atoms with Crippen LogP contribution in [0.3, 0.4) is 0 Å². The number of carbonyl (C=O) groups excluding carboxylic acids is 2. The lowest BCUT2D eigenvalue weighted by atomic mass is 9.81. The highest BCUT2D eigenvalue weighted by atomic mass is 35.5. The van der Waals surface area contributed by atoms with Crippen molar-refractivity contribution in [2.75, 3.05) is 6.61 Å². The molecule has 120 valence electrons. The van der Waals surface area contributed by atoms with Crippen molar-refractivity contribution in [3.8, 4) is 5.75 Å². The second-order valence-electron chi connectivity index (χ2n) is 6.06. The second kappa shape index (κ2) is 5.97. The maximum absolute atomic E-state index is 12.4. The molecule has 0 aliphatic carbocycles. The number of nitrogens with one attached hydrogen (secondary N) is 1. The lowest BCUT2D eigenvalue weighted by molar-refractivity contribution is -0.145. The molecule has 0 aromatic heterocycles. The first kappa shape index (κ1) is 16.9. The Hall–Kier alpha value is -1.46. The van der Waals surface area contributed by atoms with E-state index in [9.17, 15) is 14.7 Å². The highest BCUT2D eigenvalue weighted by molar-refractivity contribution is 6.37. The molecule has 1 heterocycles. The summed E-state index contributed by atoms with van der Waals surface area (Å²) >= 11 is 11.8. The monoisotopic (exact) mass is 345 g/mol. The number of phenolic OH excluding ortho intramolecular Hbond substituents is 1. The number of rotatable bonds is 3. The SMILES string of the molecule is CC(NC(=O)C1C(=O)OCC1(C)C)c1ccc(Cl)c(O)c1Cl. The molecule has 5 nitrogen and oxygen atoms in total. The first-order valence-corrected chi connectivity index (χ1v) is 7.54. The number of halogens is 2. The fraction of sp³-hybridized carbons (Fsp3) is 0.467. The van der Waals surface area contributed by atoms with Gasteiger partial charge in [-0.1, -0.05) is 43.1 Å². The van der Waals surface area contributed by atoms with Crippen LogP contribution in [0.15, 0.2) is 12.1 Å². The Balaban J connectivity index is 2.19. The van der Waals surface area contributed by atoms with Gasteiger partial charge in [-0.3, -0.25) is 9.59 Å². The van der Waals surface area contributed by atoms with Crippen LogP contribution >= 0.6 is 23.2 Å². The summed E-state index contributed by atoms with van der Waals surface area (Å²) in [5, 5.41) is 12.7. The maximum Gasteiger partial charge on any atom is 0.319 e. The number of esters is 1. The zero-order chi connectivity index (χ0) is 16.7.